The van der Waals surface area contributed by atoms with Gasteiger partial charge in [-0.05, 0) is 57.0 Å². The standard InChI is InChI=1S/C22H27N3O4.CH2O2/c1-15-23-18-5-4-16(12-19(18)28-15)20(26)25-10-6-22(7-11-25)13-17(29-21(22)27)14-24-8-2-3-9-24;2-1-3/h4-5,12,17H,2-3,6-11,13-14H2,1H3;1H,(H,2,3). The van der Waals surface area contributed by atoms with Crippen molar-refractivity contribution < 1.29 is 28.6 Å². The lowest BCUT2D eigenvalue weighted by Crippen LogP contribution is -2.45. The summed E-state index contributed by atoms with van der Waals surface area (Å²) in [7, 11) is 0. The number of carboxylic acid groups (broad SMARTS) is 1. The summed E-state index contributed by atoms with van der Waals surface area (Å²) in [4.78, 5) is 42.5. The number of ether oxygens (including phenoxy) is 1. The molecule has 1 spiro atoms. The molecule has 3 aliphatic heterocycles. The predicted octanol–water partition coefficient (Wildman–Crippen LogP) is 2.47. The van der Waals surface area contributed by atoms with Gasteiger partial charge in [0, 0.05) is 38.5 Å². The van der Waals surface area contributed by atoms with E-state index in [0.29, 0.717) is 43.0 Å². The van der Waals surface area contributed by atoms with Gasteiger partial charge in [-0.1, -0.05) is 0 Å². The summed E-state index contributed by atoms with van der Waals surface area (Å²) < 4.78 is 11.3. The SMILES string of the molecule is Cc1nc2ccc(C(=O)N3CCC4(CC3)CC(CN3CCCC3)OC4=O)cc2o1.O=CO. The topological polar surface area (TPSA) is 113 Å². The lowest BCUT2D eigenvalue weighted by Gasteiger charge is -2.36. The summed E-state index contributed by atoms with van der Waals surface area (Å²) in [5.41, 5.74) is 1.58. The highest BCUT2D eigenvalue weighted by molar-refractivity contribution is 5.97. The fourth-order valence-electron chi connectivity index (χ4n) is 5.09. The van der Waals surface area contributed by atoms with Crippen molar-refractivity contribution in [1.29, 1.82) is 0 Å². The van der Waals surface area contributed by atoms with E-state index in [-0.39, 0.29) is 24.5 Å². The molecule has 2 aromatic rings. The minimum absolute atomic E-state index is 0.0000455. The molecule has 9 heteroatoms. The molecule has 1 amide bonds. The number of nitrogens with zero attached hydrogens (tertiary/aromatic N) is 3. The number of carbonyl (C=O) groups excluding carboxylic acids is 2. The minimum Gasteiger partial charge on any atom is -0.483 e. The molecule has 1 N–H and O–H groups in total. The zero-order valence-electron chi connectivity index (χ0n) is 18.3. The Morgan fingerprint density at radius 2 is 1.94 bits per heavy atom. The Balaban J connectivity index is 0.000000775. The third-order valence-electron chi connectivity index (χ3n) is 6.74. The number of aryl methyl sites for hydroxylation is 1. The second-order valence-corrected chi connectivity index (χ2v) is 8.83. The number of piperidine rings is 1. The molecule has 1 unspecified atom stereocenters. The molecule has 3 aliphatic rings. The van der Waals surface area contributed by atoms with Gasteiger partial charge in [0.1, 0.15) is 11.6 Å². The molecular weight excluding hydrogens is 414 g/mol. The number of likely N-dealkylation sites (tertiary alicyclic amines) is 2. The van der Waals surface area contributed by atoms with Gasteiger partial charge in [0.25, 0.3) is 12.4 Å². The van der Waals surface area contributed by atoms with E-state index in [1.165, 1.54) is 12.8 Å². The first kappa shape index (κ1) is 22.3. The van der Waals surface area contributed by atoms with Crippen molar-refractivity contribution in [1.82, 2.24) is 14.8 Å². The Bertz CT molecular complexity index is 989. The molecule has 0 bridgehead atoms. The van der Waals surface area contributed by atoms with Crippen LogP contribution in [-0.2, 0) is 14.3 Å². The number of fused-ring (bicyclic) bond motifs is 1. The molecule has 3 saturated heterocycles. The Morgan fingerprint density at radius 1 is 1.25 bits per heavy atom. The van der Waals surface area contributed by atoms with Gasteiger partial charge in [-0.25, -0.2) is 4.98 Å². The molecule has 32 heavy (non-hydrogen) atoms. The number of cyclic esters (lactones) is 1. The van der Waals surface area contributed by atoms with Gasteiger partial charge < -0.3 is 19.2 Å². The lowest BCUT2D eigenvalue weighted by molar-refractivity contribution is -0.151. The van der Waals surface area contributed by atoms with Crippen molar-refractivity contribution >= 4 is 29.4 Å². The summed E-state index contributed by atoms with van der Waals surface area (Å²) >= 11 is 0. The highest BCUT2D eigenvalue weighted by atomic mass is 16.6. The van der Waals surface area contributed by atoms with E-state index in [4.69, 9.17) is 19.1 Å². The maximum Gasteiger partial charge on any atom is 0.312 e. The third-order valence-corrected chi connectivity index (χ3v) is 6.74. The first-order chi connectivity index (χ1) is 15.4. The maximum atomic E-state index is 13.0. The summed E-state index contributed by atoms with van der Waals surface area (Å²) in [6, 6.07) is 5.38. The first-order valence-electron chi connectivity index (χ1n) is 11.1. The Hall–Kier alpha value is -2.94. The number of oxazole rings is 1. The molecule has 9 nitrogen and oxygen atoms in total. The van der Waals surface area contributed by atoms with Crippen LogP contribution in [0.15, 0.2) is 22.6 Å². The van der Waals surface area contributed by atoms with Crippen LogP contribution in [0.1, 0.15) is 48.4 Å². The molecule has 0 radical (unpaired) electrons. The minimum atomic E-state index is -0.410. The van der Waals surface area contributed by atoms with E-state index < -0.39 is 5.41 Å². The van der Waals surface area contributed by atoms with Crippen LogP contribution >= 0.6 is 0 Å². The number of rotatable bonds is 3. The number of carbonyl (C=O) groups is 3. The molecular formula is C23H29N3O6. The number of amides is 1. The predicted molar refractivity (Wildman–Crippen MR) is 115 cm³/mol. The third kappa shape index (κ3) is 4.48. The van der Waals surface area contributed by atoms with Gasteiger partial charge in [-0.2, -0.15) is 0 Å². The molecule has 3 fully saturated rings. The molecule has 172 valence electrons. The van der Waals surface area contributed by atoms with Gasteiger partial charge in [0.05, 0.1) is 5.41 Å². The van der Waals surface area contributed by atoms with Crippen LogP contribution in [0.25, 0.3) is 11.1 Å². The second kappa shape index (κ2) is 9.28. The Labute approximate surface area is 186 Å². The zero-order chi connectivity index (χ0) is 22.7. The number of esters is 1. The zero-order valence-corrected chi connectivity index (χ0v) is 18.3. The number of aromatic nitrogens is 1. The summed E-state index contributed by atoms with van der Waals surface area (Å²) in [6.45, 7) is 5.78. The Morgan fingerprint density at radius 3 is 2.62 bits per heavy atom. The van der Waals surface area contributed by atoms with Gasteiger partial charge in [-0.3, -0.25) is 19.3 Å². The maximum absolute atomic E-state index is 13.0. The first-order valence-corrected chi connectivity index (χ1v) is 11.1. The van der Waals surface area contributed by atoms with Gasteiger partial charge >= 0.3 is 5.97 Å². The van der Waals surface area contributed by atoms with Crippen molar-refractivity contribution in [3.05, 3.63) is 29.7 Å². The van der Waals surface area contributed by atoms with Gasteiger partial charge in [0.2, 0.25) is 0 Å². The molecule has 0 aliphatic carbocycles. The normalized spacial score (nSPS) is 22.6. The monoisotopic (exact) mass is 443 g/mol. The summed E-state index contributed by atoms with van der Waals surface area (Å²) in [5.74, 6) is 0.510. The van der Waals surface area contributed by atoms with E-state index >= 15 is 0 Å². The van der Waals surface area contributed by atoms with Crippen LogP contribution in [0.2, 0.25) is 0 Å². The van der Waals surface area contributed by atoms with E-state index in [1.54, 1.807) is 19.1 Å². The molecule has 1 aromatic carbocycles. The van der Waals surface area contributed by atoms with E-state index in [1.807, 2.05) is 11.0 Å². The summed E-state index contributed by atoms with van der Waals surface area (Å²) in [5, 5.41) is 6.89. The van der Waals surface area contributed by atoms with Crippen molar-refractivity contribution in [2.75, 3.05) is 32.7 Å². The van der Waals surface area contributed by atoms with Crippen molar-refractivity contribution in [3.63, 3.8) is 0 Å². The Kier molecular flexibility index (Phi) is 6.45. The van der Waals surface area contributed by atoms with Crippen LogP contribution in [0.3, 0.4) is 0 Å². The molecule has 5 rings (SSSR count). The average Bonchev–Trinajstić information content (AvgIpc) is 3.48. The molecule has 1 aromatic heterocycles. The van der Waals surface area contributed by atoms with E-state index in [0.717, 1.165) is 31.6 Å². The highest BCUT2D eigenvalue weighted by Crippen LogP contribution is 2.43. The van der Waals surface area contributed by atoms with Gasteiger partial charge in [0.15, 0.2) is 11.5 Å². The second-order valence-electron chi connectivity index (χ2n) is 8.83. The van der Waals surface area contributed by atoms with Crippen LogP contribution in [0.5, 0.6) is 0 Å². The smallest absolute Gasteiger partial charge is 0.312 e. The quantitative estimate of drug-likeness (QED) is 0.569. The number of hydrogen-bond acceptors (Lipinski definition) is 7. The average molecular weight is 444 g/mol. The van der Waals surface area contributed by atoms with Crippen LogP contribution in [0.4, 0.5) is 0 Å². The van der Waals surface area contributed by atoms with E-state index in [2.05, 4.69) is 9.88 Å². The highest BCUT2D eigenvalue weighted by Gasteiger charge is 2.51. The molecule has 1 atom stereocenters. The lowest BCUT2D eigenvalue weighted by atomic mass is 9.76. The number of benzene rings is 1. The van der Waals surface area contributed by atoms with Crippen molar-refractivity contribution in [2.45, 2.75) is 45.1 Å². The van der Waals surface area contributed by atoms with Crippen molar-refractivity contribution in [3.8, 4) is 0 Å². The summed E-state index contributed by atoms with van der Waals surface area (Å²) in [6.07, 6.45) is 4.62. The van der Waals surface area contributed by atoms with Crippen LogP contribution in [0, 0.1) is 12.3 Å². The molecule has 0 saturated carbocycles. The van der Waals surface area contributed by atoms with Crippen molar-refractivity contribution in [2.24, 2.45) is 5.41 Å². The fraction of sp³-hybridized carbons (Fsp3) is 0.565. The van der Waals surface area contributed by atoms with Crippen LogP contribution in [-0.4, -0.2) is 77.1 Å². The molecule has 4 heterocycles. The van der Waals surface area contributed by atoms with Crippen LogP contribution < -0.4 is 0 Å². The number of hydrogen-bond donors (Lipinski definition) is 1. The largest absolute Gasteiger partial charge is 0.483 e. The fourth-order valence-corrected chi connectivity index (χ4v) is 5.09. The van der Waals surface area contributed by atoms with Gasteiger partial charge in [-0.15, -0.1) is 0 Å². The van der Waals surface area contributed by atoms with E-state index in [9.17, 15) is 9.59 Å².